The van der Waals surface area contributed by atoms with Gasteiger partial charge in [-0.1, -0.05) is 12.2 Å². The molecule has 0 aliphatic heterocycles. The number of rotatable bonds is 3. The first-order valence-corrected chi connectivity index (χ1v) is 2.77. The first kappa shape index (κ1) is 8.62. The summed E-state index contributed by atoms with van der Waals surface area (Å²) in [5, 5.41) is 0. The first-order valence-electron chi connectivity index (χ1n) is 2.77. The topological polar surface area (TPSA) is 60.2 Å². The van der Waals surface area contributed by atoms with Gasteiger partial charge >= 0.3 is 0 Å². The summed E-state index contributed by atoms with van der Waals surface area (Å²) in [7, 11) is 0. The molecule has 0 unspecified atom stereocenters. The van der Waals surface area contributed by atoms with Gasteiger partial charge in [-0.3, -0.25) is 9.59 Å². The van der Waals surface area contributed by atoms with Crippen molar-refractivity contribution in [2.75, 3.05) is 0 Å². The number of amides is 1. The number of allylic oxidation sites excluding steroid dienone is 3. The Morgan fingerprint density at radius 3 is 2.10 bits per heavy atom. The summed E-state index contributed by atoms with van der Waals surface area (Å²) in [6.45, 7) is 1.43. The zero-order valence-corrected chi connectivity index (χ0v) is 5.70. The van der Waals surface area contributed by atoms with Crippen molar-refractivity contribution >= 4 is 11.7 Å². The summed E-state index contributed by atoms with van der Waals surface area (Å²) < 4.78 is 0. The third-order valence-electron chi connectivity index (χ3n) is 0.703. The molecule has 10 heavy (non-hydrogen) atoms. The summed E-state index contributed by atoms with van der Waals surface area (Å²) in [5.74, 6) is -0.581. The predicted octanol–water partition coefficient (Wildman–Crippen LogP) is 0.173. The lowest BCUT2D eigenvalue weighted by atomic mass is 10.3. The van der Waals surface area contributed by atoms with Gasteiger partial charge in [-0.2, -0.15) is 0 Å². The van der Waals surface area contributed by atoms with E-state index in [1.54, 1.807) is 0 Å². The molecular formula is C7H9NO2. The first-order chi connectivity index (χ1) is 4.63. The van der Waals surface area contributed by atoms with Crippen LogP contribution in [0, 0.1) is 0 Å². The van der Waals surface area contributed by atoms with Gasteiger partial charge in [0.2, 0.25) is 5.91 Å². The molecule has 3 nitrogen and oxygen atoms in total. The predicted molar refractivity (Wildman–Crippen MR) is 38.2 cm³/mol. The smallest absolute Gasteiger partial charge is 0.241 e. The minimum absolute atomic E-state index is 0.0610. The molecule has 0 heterocycles. The number of hydrogen-bond donors (Lipinski definition) is 1. The summed E-state index contributed by atoms with van der Waals surface area (Å²) in [5.41, 5.74) is 4.76. The van der Waals surface area contributed by atoms with Gasteiger partial charge in [0.1, 0.15) is 0 Å². The fourth-order valence-corrected chi connectivity index (χ4v) is 0.341. The lowest BCUT2D eigenvalue weighted by Gasteiger charge is -1.76. The quantitative estimate of drug-likeness (QED) is 0.447. The normalized spacial score (nSPS) is 10.9. The average molecular weight is 139 g/mol. The third kappa shape index (κ3) is 6.62. The molecule has 0 atom stereocenters. The van der Waals surface area contributed by atoms with Gasteiger partial charge in [-0.05, 0) is 13.0 Å². The van der Waals surface area contributed by atoms with Crippen LogP contribution in [0.4, 0.5) is 0 Å². The van der Waals surface area contributed by atoms with Gasteiger partial charge in [0.25, 0.3) is 0 Å². The van der Waals surface area contributed by atoms with Gasteiger partial charge in [0.15, 0.2) is 5.78 Å². The van der Waals surface area contributed by atoms with Crippen LogP contribution < -0.4 is 5.73 Å². The molecule has 0 radical (unpaired) electrons. The highest BCUT2D eigenvalue weighted by Gasteiger charge is 1.79. The summed E-state index contributed by atoms with van der Waals surface area (Å²) in [6, 6.07) is 0. The van der Waals surface area contributed by atoms with Crippen LogP contribution in [0.25, 0.3) is 0 Å². The molecule has 0 aromatic rings. The highest BCUT2D eigenvalue weighted by Crippen LogP contribution is 1.77. The molecule has 0 bridgehead atoms. The van der Waals surface area contributed by atoms with E-state index in [0.29, 0.717) is 0 Å². The lowest BCUT2D eigenvalue weighted by molar-refractivity contribution is -0.114. The molecule has 0 aromatic heterocycles. The van der Waals surface area contributed by atoms with E-state index in [0.717, 1.165) is 0 Å². The summed E-state index contributed by atoms with van der Waals surface area (Å²) >= 11 is 0. The lowest BCUT2D eigenvalue weighted by Crippen LogP contribution is -2.04. The van der Waals surface area contributed by atoms with Crippen LogP contribution >= 0.6 is 0 Å². The van der Waals surface area contributed by atoms with Crippen LogP contribution in [0.2, 0.25) is 0 Å². The Kier molecular flexibility index (Phi) is 3.87. The number of hydrogen-bond acceptors (Lipinski definition) is 2. The van der Waals surface area contributed by atoms with E-state index in [1.807, 2.05) is 0 Å². The van der Waals surface area contributed by atoms with E-state index in [4.69, 9.17) is 5.73 Å². The molecule has 0 rings (SSSR count). The van der Waals surface area contributed by atoms with Crippen molar-refractivity contribution in [3.05, 3.63) is 24.3 Å². The third-order valence-corrected chi connectivity index (χ3v) is 0.703. The van der Waals surface area contributed by atoms with Gasteiger partial charge in [-0.25, -0.2) is 0 Å². The molecule has 0 aliphatic carbocycles. The molecule has 54 valence electrons. The molecule has 0 saturated carbocycles. The number of carbonyl (C=O) groups is 2. The van der Waals surface area contributed by atoms with E-state index in [2.05, 4.69) is 0 Å². The van der Waals surface area contributed by atoms with Crippen molar-refractivity contribution in [3.63, 3.8) is 0 Å². The van der Waals surface area contributed by atoms with E-state index in [1.165, 1.54) is 31.2 Å². The van der Waals surface area contributed by atoms with Crippen molar-refractivity contribution in [1.29, 1.82) is 0 Å². The summed E-state index contributed by atoms with van der Waals surface area (Å²) in [4.78, 5) is 20.3. The van der Waals surface area contributed by atoms with Crippen LogP contribution in [0.15, 0.2) is 24.3 Å². The number of nitrogens with two attached hydrogens (primary N) is 1. The molecule has 0 aliphatic rings. The molecule has 0 spiro atoms. The van der Waals surface area contributed by atoms with Gasteiger partial charge in [0, 0.05) is 6.08 Å². The standard InChI is InChI=1S/C7H9NO2/c1-6(9)4-2-3-5-7(8)10/h2-5H,1H3,(H2,8,10). The van der Waals surface area contributed by atoms with E-state index < -0.39 is 5.91 Å². The molecule has 3 heteroatoms. The molecule has 0 fully saturated rings. The Morgan fingerprint density at radius 2 is 1.70 bits per heavy atom. The van der Waals surface area contributed by atoms with Crippen LogP contribution in [0.5, 0.6) is 0 Å². The molecule has 1 amide bonds. The van der Waals surface area contributed by atoms with Crippen LogP contribution in [0.1, 0.15) is 6.92 Å². The number of carbonyl (C=O) groups excluding carboxylic acids is 2. The fraction of sp³-hybridized carbons (Fsp3) is 0.143. The Bertz CT molecular complexity index is 170. The van der Waals surface area contributed by atoms with Crippen molar-refractivity contribution in [2.24, 2.45) is 5.73 Å². The molecule has 0 saturated heterocycles. The Labute approximate surface area is 59.2 Å². The van der Waals surface area contributed by atoms with Crippen molar-refractivity contribution in [1.82, 2.24) is 0 Å². The minimum Gasteiger partial charge on any atom is -0.366 e. The van der Waals surface area contributed by atoms with Gasteiger partial charge in [-0.15, -0.1) is 0 Å². The van der Waals surface area contributed by atoms with Crippen LogP contribution in [-0.2, 0) is 9.59 Å². The largest absolute Gasteiger partial charge is 0.366 e. The molecule has 0 aromatic carbocycles. The Hall–Kier alpha value is -1.38. The van der Waals surface area contributed by atoms with E-state index in [9.17, 15) is 9.59 Å². The fourth-order valence-electron chi connectivity index (χ4n) is 0.341. The van der Waals surface area contributed by atoms with Crippen LogP contribution in [-0.4, -0.2) is 11.7 Å². The van der Waals surface area contributed by atoms with Gasteiger partial charge in [0.05, 0.1) is 0 Å². The van der Waals surface area contributed by atoms with Crippen LogP contribution in [0.3, 0.4) is 0 Å². The molecule has 2 N–H and O–H groups in total. The zero-order chi connectivity index (χ0) is 7.98. The zero-order valence-electron chi connectivity index (χ0n) is 5.70. The Balaban J connectivity index is 3.73. The molecular weight excluding hydrogens is 130 g/mol. The second kappa shape index (κ2) is 4.49. The highest BCUT2D eigenvalue weighted by atomic mass is 16.1. The monoisotopic (exact) mass is 139 g/mol. The Morgan fingerprint density at radius 1 is 1.20 bits per heavy atom. The van der Waals surface area contributed by atoms with E-state index in [-0.39, 0.29) is 5.78 Å². The SMILES string of the molecule is CC(=O)C=CC=CC(N)=O. The second-order valence-electron chi connectivity index (χ2n) is 1.73. The summed E-state index contributed by atoms with van der Waals surface area (Å²) in [6.07, 6.45) is 5.41. The maximum atomic E-state index is 10.3. The maximum Gasteiger partial charge on any atom is 0.241 e. The highest BCUT2D eigenvalue weighted by molar-refractivity contribution is 5.88. The van der Waals surface area contributed by atoms with Crippen molar-refractivity contribution < 1.29 is 9.59 Å². The van der Waals surface area contributed by atoms with Crippen molar-refractivity contribution in [3.8, 4) is 0 Å². The minimum atomic E-state index is -0.520. The number of ketones is 1. The number of primary amides is 1. The van der Waals surface area contributed by atoms with Crippen molar-refractivity contribution in [2.45, 2.75) is 6.92 Å². The van der Waals surface area contributed by atoms with Gasteiger partial charge < -0.3 is 5.73 Å². The van der Waals surface area contributed by atoms with E-state index >= 15 is 0 Å². The average Bonchev–Trinajstić information content (AvgIpc) is 1.79. The maximum absolute atomic E-state index is 10.3. The second-order valence-corrected chi connectivity index (χ2v) is 1.73.